The number of rotatable bonds is 9. The summed E-state index contributed by atoms with van der Waals surface area (Å²) in [5.41, 5.74) is 0.914. The van der Waals surface area contributed by atoms with Gasteiger partial charge in [-0.1, -0.05) is 31.0 Å². The number of amides is 2. The van der Waals surface area contributed by atoms with Gasteiger partial charge in [0, 0.05) is 17.5 Å². The fraction of sp³-hybridized carbons (Fsp3) is 0.385. The predicted molar refractivity (Wildman–Crippen MR) is 128 cm³/mol. The number of thiophene rings is 1. The lowest BCUT2D eigenvalue weighted by atomic mass is 10.1. The number of carbonyl (C=O) groups is 2. The number of benzene rings is 1. The zero-order valence-corrected chi connectivity index (χ0v) is 19.9. The molecule has 0 bridgehead atoms. The molecule has 3 aromatic rings. The number of nitrogens with zero attached hydrogens (tertiary/aromatic N) is 1. The zero-order chi connectivity index (χ0) is 23.2. The molecular formula is C26H30N2O4S. The SMILES string of the molecule is COc1ccc(CN(C(=O)Cc2cccs2)C(C(=O)NC2CCCC2)c2ccc(C)o2)cc1. The van der Waals surface area contributed by atoms with E-state index in [0.717, 1.165) is 41.9 Å². The topological polar surface area (TPSA) is 71.8 Å². The molecule has 1 atom stereocenters. The molecule has 0 saturated heterocycles. The third-order valence-corrected chi connectivity index (χ3v) is 6.91. The van der Waals surface area contributed by atoms with Crippen molar-refractivity contribution in [2.45, 2.75) is 57.7 Å². The van der Waals surface area contributed by atoms with Crippen molar-refractivity contribution >= 4 is 23.2 Å². The minimum absolute atomic E-state index is 0.117. The van der Waals surface area contributed by atoms with Crippen molar-refractivity contribution in [2.24, 2.45) is 0 Å². The van der Waals surface area contributed by atoms with Gasteiger partial charge in [-0.15, -0.1) is 11.3 Å². The first-order chi connectivity index (χ1) is 16.0. The summed E-state index contributed by atoms with van der Waals surface area (Å²) in [5, 5.41) is 5.13. The highest BCUT2D eigenvalue weighted by Crippen LogP contribution is 2.29. The van der Waals surface area contributed by atoms with Gasteiger partial charge in [0.15, 0.2) is 6.04 Å². The van der Waals surface area contributed by atoms with Crippen LogP contribution in [0.2, 0.25) is 0 Å². The molecule has 7 heteroatoms. The smallest absolute Gasteiger partial charge is 0.250 e. The number of furan rings is 1. The van der Waals surface area contributed by atoms with E-state index in [1.54, 1.807) is 18.1 Å². The molecule has 1 aromatic carbocycles. The molecule has 1 N–H and O–H groups in total. The fourth-order valence-corrected chi connectivity index (χ4v) is 4.99. The van der Waals surface area contributed by atoms with Gasteiger partial charge < -0.3 is 19.4 Å². The maximum absolute atomic E-state index is 13.6. The van der Waals surface area contributed by atoms with Crippen LogP contribution in [0.3, 0.4) is 0 Å². The Balaban J connectivity index is 1.66. The maximum atomic E-state index is 13.6. The molecule has 0 aliphatic heterocycles. The molecule has 1 aliphatic carbocycles. The van der Waals surface area contributed by atoms with E-state index in [0.29, 0.717) is 11.5 Å². The van der Waals surface area contributed by atoms with Crippen LogP contribution in [0.5, 0.6) is 5.75 Å². The molecule has 4 rings (SSSR count). The van der Waals surface area contributed by atoms with E-state index in [2.05, 4.69) is 5.32 Å². The fourth-order valence-electron chi connectivity index (χ4n) is 4.29. The summed E-state index contributed by atoms with van der Waals surface area (Å²) in [4.78, 5) is 29.8. The van der Waals surface area contributed by atoms with Crippen molar-refractivity contribution in [3.8, 4) is 5.75 Å². The first kappa shape index (κ1) is 23.1. The van der Waals surface area contributed by atoms with Gasteiger partial charge in [0.05, 0.1) is 13.5 Å². The van der Waals surface area contributed by atoms with E-state index in [-0.39, 0.29) is 30.8 Å². The lowest BCUT2D eigenvalue weighted by molar-refractivity contribution is -0.142. The van der Waals surface area contributed by atoms with Crippen LogP contribution >= 0.6 is 11.3 Å². The van der Waals surface area contributed by atoms with Gasteiger partial charge in [0.25, 0.3) is 5.91 Å². The first-order valence-corrected chi connectivity index (χ1v) is 12.2. The van der Waals surface area contributed by atoms with Gasteiger partial charge in [0.1, 0.15) is 17.3 Å². The Labute approximate surface area is 198 Å². The van der Waals surface area contributed by atoms with Crippen LogP contribution in [0.25, 0.3) is 0 Å². The Kier molecular flexibility index (Phi) is 7.50. The maximum Gasteiger partial charge on any atom is 0.250 e. The molecule has 1 unspecified atom stereocenters. The molecular weight excluding hydrogens is 436 g/mol. The van der Waals surface area contributed by atoms with Crippen LogP contribution in [-0.2, 0) is 22.6 Å². The van der Waals surface area contributed by atoms with E-state index in [9.17, 15) is 9.59 Å². The van der Waals surface area contributed by atoms with E-state index >= 15 is 0 Å². The monoisotopic (exact) mass is 466 g/mol. The summed E-state index contributed by atoms with van der Waals surface area (Å²) in [6.45, 7) is 2.13. The van der Waals surface area contributed by atoms with Crippen LogP contribution in [0.1, 0.15) is 53.7 Å². The highest BCUT2D eigenvalue weighted by atomic mass is 32.1. The van der Waals surface area contributed by atoms with E-state index in [1.807, 2.05) is 54.8 Å². The zero-order valence-electron chi connectivity index (χ0n) is 19.1. The van der Waals surface area contributed by atoms with Gasteiger partial charge in [-0.3, -0.25) is 9.59 Å². The van der Waals surface area contributed by atoms with Crippen LogP contribution in [0.15, 0.2) is 58.3 Å². The highest BCUT2D eigenvalue weighted by Gasteiger charge is 2.35. The van der Waals surface area contributed by atoms with E-state index < -0.39 is 6.04 Å². The van der Waals surface area contributed by atoms with Crippen molar-refractivity contribution in [2.75, 3.05) is 7.11 Å². The number of carbonyl (C=O) groups excluding carboxylic acids is 2. The molecule has 6 nitrogen and oxygen atoms in total. The minimum atomic E-state index is -0.839. The molecule has 2 amide bonds. The Bertz CT molecular complexity index is 1050. The summed E-state index contributed by atoms with van der Waals surface area (Å²) in [5.74, 6) is 1.63. The Morgan fingerprint density at radius 1 is 1.15 bits per heavy atom. The second-order valence-corrected chi connectivity index (χ2v) is 9.50. The minimum Gasteiger partial charge on any atom is -0.497 e. The number of aryl methyl sites for hydroxylation is 1. The number of hydrogen-bond donors (Lipinski definition) is 1. The van der Waals surface area contributed by atoms with Gasteiger partial charge in [0.2, 0.25) is 5.91 Å². The molecule has 0 spiro atoms. The molecule has 1 fully saturated rings. The third kappa shape index (κ3) is 5.85. The molecule has 2 heterocycles. The van der Waals surface area contributed by atoms with Gasteiger partial charge in [-0.05, 0) is 61.0 Å². The summed E-state index contributed by atoms with van der Waals surface area (Å²) >= 11 is 1.54. The Hall–Kier alpha value is -3.06. The Morgan fingerprint density at radius 2 is 1.91 bits per heavy atom. The number of methoxy groups -OCH3 is 1. The molecule has 2 aromatic heterocycles. The molecule has 0 radical (unpaired) electrons. The summed E-state index contributed by atoms with van der Waals surface area (Å²) < 4.78 is 11.2. The van der Waals surface area contributed by atoms with E-state index in [1.165, 1.54) is 11.3 Å². The van der Waals surface area contributed by atoms with Crippen molar-refractivity contribution in [3.05, 3.63) is 75.9 Å². The number of hydrogen-bond acceptors (Lipinski definition) is 5. The van der Waals surface area contributed by atoms with Crippen molar-refractivity contribution in [1.29, 1.82) is 0 Å². The van der Waals surface area contributed by atoms with Crippen LogP contribution in [0.4, 0.5) is 0 Å². The van der Waals surface area contributed by atoms with Crippen LogP contribution < -0.4 is 10.1 Å². The normalized spacial score (nSPS) is 14.7. The highest BCUT2D eigenvalue weighted by molar-refractivity contribution is 7.10. The Morgan fingerprint density at radius 3 is 2.52 bits per heavy atom. The quantitative estimate of drug-likeness (QED) is 0.480. The second kappa shape index (κ2) is 10.7. The summed E-state index contributed by atoms with van der Waals surface area (Å²) in [6.07, 6.45) is 4.40. The average molecular weight is 467 g/mol. The van der Waals surface area contributed by atoms with E-state index in [4.69, 9.17) is 9.15 Å². The van der Waals surface area contributed by atoms with Crippen molar-refractivity contribution in [1.82, 2.24) is 10.2 Å². The lowest BCUT2D eigenvalue weighted by Crippen LogP contribution is -2.46. The second-order valence-electron chi connectivity index (χ2n) is 8.47. The standard InChI is InChI=1S/C26H30N2O4S/c1-18-9-14-23(32-18)25(26(30)27-20-6-3-4-7-20)28(24(29)16-22-8-5-15-33-22)17-19-10-12-21(31-2)13-11-19/h5,8-15,20,25H,3-4,6-7,16-17H2,1-2H3,(H,27,30). The predicted octanol–water partition coefficient (Wildman–Crippen LogP) is 5.03. The third-order valence-electron chi connectivity index (χ3n) is 6.03. The van der Waals surface area contributed by atoms with Gasteiger partial charge in [-0.25, -0.2) is 0 Å². The first-order valence-electron chi connectivity index (χ1n) is 11.3. The lowest BCUT2D eigenvalue weighted by Gasteiger charge is -2.31. The van der Waals surface area contributed by atoms with Gasteiger partial charge in [-0.2, -0.15) is 0 Å². The molecule has 1 aliphatic rings. The average Bonchev–Trinajstić information content (AvgIpc) is 3.58. The van der Waals surface area contributed by atoms with Gasteiger partial charge >= 0.3 is 0 Å². The van der Waals surface area contributed by atoms with Crippen LogP contribution in [0, 0.1) is 6.92 Å². The number of nitrogens with one attached hydrogen (secondary N) is 1. The number of ether oxygens (including phenoxy) is 1. The molecule has 174 valence electrons. The molecule has 33 heavy (non-hydrogen) atoms. The van der Waals surface area contributed by atoms with Crippen molar-refractivity contribution in [3.63, 3.8) is 0 Å². The van der Waals surface area contributed by atoms with Crippen LogP contribution in [-0.4, -0.2) is 29.9 Å². The largest absolute Gasteiger partial charge is 0.497 e. The summed E-state index contributed by atoms with van der Waals surface area (Å²) in [7, 11) is 1.62. The van der Waals surface area contributed by atoms with Crippen molar-refractivity contribution < 1.29 is 18.7 Å². The summed E-state index contributed by atoms with van der Waals surface area (Å²) in [6, 6.07) is 14.4. The molecule has 1 saturated carbocycles.